The number of nitrogens with zero attached hydrogens (tertiary/aromatic N) is 4. The maximum absolute atomic E-state index is 12.8. The Hall–Kier alpha value is -4.81. The van der Waals surface area contributed by atoms with Crippen molar-refractivity contribution in [2.24, 2.45) is 37.6 Å². The molecule has 0 aliphatic carbocycles. The lowest BCUT2D eigenvalue weighted by Crippen LogP contribution is -2.28. The van der Waals surface area contributed by atoms with E-state index < -0.39 is 5.91 Å². The third-order valence-electron chi connectivity index (χ3n) is 5.12. The maximum Gasteiger partial charge on any atom is 0.272 e. The number of nitrogens with two attached hydrogens (primary N) is 2. The second-order valence-electron chi connectivity index (χ2n) is 7.86. The quantitative estimate of drug-likeness (QED) is 0.195. The normalized spacial score (nSPS) is 10.9. The first-order chi connectivity index (χ1) is 16.6. The van der Waals surface area contributed by atoms with Gasteiger partial charge in [-0.3, -0.25) is 19.8 Å². The zero-order valence-corrected chi connectivity index (χ0v) is 19.6. The number of amides is 3. The zero-order valence-electron chi connectivity index (χ0n) is 19.6. The number of nitrogens with one attached hydrogen (secondary N) is 4. The lowest BCUT2D eigenvalue weighted by molar-refractivity contribution is 0.0945. The van der Waals surface area contributed by atoms with E-state index in [2.05, 4.69) is 20.9 Å². The zero-order chi connectivity index (χ0) is 25.7. The van der Waals surface area contributed by atoms with Gasteiger partial charge < -0.3 is 41.1 Å². The molecule has 35 heavy (non-hydrogen) atoms. The summed E-state index contributed by atoms with van der Waals surface area (Å²) >= 11 is 0. The highest BCUT2D eigenvalue weighted by Gasteiger charge is 2.18. The average Bonchev–Trinajstić information content (AvgIpc) is 3.44. The van der Waals surface area contributed by atoms with Gasteiger partial charge in [0.05, 0.1) is 29.2 Å². The number of amidine groups is 1. The molecule has 0 aliphatic rings. The molecule has 3 aromatic heterocycles. The van der Waals surface area contributed by atoms with Crippen LogP contribution in [-0.2, 0) is 21.1 Å². The number of rotatable bonds is 9. The Bertz CT molecular complexity index is 1310. The van der Waals surface area contributed by atoms with Crippen molar-refractivity contribution in [1.29, 1.82) is 5.41 Å². The second kappa shape index (κ2) is 10.4. The van der Waals surface area contributed by atoms with Crippen molar-refractivity contribution in [3.05, 3.63) is 53.9 Å². The Morgan fingerprint density at radius 3 is 1.89 bits per heavy atom. The fourth-order valence-electron chi connectivity index (χ4n) is 3.44. The fraction of sp³-hybridized carbons (Fsp3) is 0.227. The minimum absolute atomic E-state index is 0.0163. The first-order valence-corrected chi connectivity index (χ1v) is 10.6. The molecule has 0 aliphatic heterocycles. The Morgan fingerprint density at radius 2 is 1.37 bits per heavy atom. The Labute approximate surface area is 201 Å². The number of aliphatic imine (C=N–C) groups is 1. The highest BCUT2D eigenvalue weighted by Crippen LogP contribution is 2.20. The van der Waals surface area contributed by atoms with E-state index in [1.165, 1.54) is 0 Å². The van der Waals surface area contributed by atoms with Gasteiger partial charge in [0, 0.05) is 52.7 Å². The van der Waals surface area contributed by atoms with Crippen molar-refractivity contribution in [3.63, 3.8) is 0 Å². The number of anilines is 2. The molecule has 0 radical (unpaired) electrons. The van der Waals surface area contributed by atoms with Crippen LogP contribution in [0.4, 0.5) is 17.1 Å². The van der Waals surface area contributed by atoms with Gasteiger partial charge >= 0.3 is 0 Å². The van der Waals surface area contributed by atoms with Crippen molar-refractivity contribution in [2.75, 3.05) is 17.2 Å². The predicted octanol–water partition coefficient (Wildman–Crippen LogP) is 0.881. The molecule has 0 saturated carbocycles. The molecule has 0 spiro atoms. The molecular formula is C22H28N10O3. The van der Waals surface area contributed by atoms with E-state index in [0.29, 0.717) is 34.1 Å². The van der Waals surface area contributed by atoms with E-state index in [4.69, 9.17) is 16.9 Å². The minimum atomic E-state index is -0.416. The van der Waals surface area contributed by atoms with Crippen LogP contribution in [-0.4, -0.2) is 50.1 Å². The summed E-state index contributed by atoms with van der Waals surface area (Å²) in [5.41, 5.74) is 13.0. The van der Waals surface area contributed by atoms with Crippen LogP contribution in [0.2, 0.25) is 0 Å². The number of carbonyl (C=O) groups is 3. The van der Waals surface area contributed by atoms with E-state index in [9.17, 15) is 14.4 Å². The van der Waals surface area contributed by atoms with Gasteiger partial charge in [-0.05, 0) is 18.2 Å². The summed E-state index contributed by atoms with van der Waals surface area (Å²) in [7, 11) is 5.08. The third kappa shape index (κ3) is 5.96. The van der Waals surface area contributed by atoms with Gasteiger partial charge in [-0.15, -0.1) is 0 Å². The minimum Gasteiger partial charge on any atom is -0.390 e. The summed E-state index contributed by atoms with van der Waals surface area (Å²) in [5.74, 6) is -1.15. The van der Waals surface area contributed by atoms with Crippen molar-refractivity contribution in [3.8, 4) is 0 Å². The summed E-state index contributed by atoms with van der Waals surface area (Å²) < 4.78 is 4.79. The highest BCUT2D eigenvalue weighted by atomic mass is 16.2. The van der Waals surface area contributed by atoms with Gasteiger partial charge in [-0.1, -0.05) is 0 Å². The largest absolute Gasteiger partial charge is 0.390 e. The molecule has 8 N–H and O–H groups in total. The molecule has 0 bridgehead atoms. The molecule has 0 atom stereocenters. The van der Waals surface area contributed by atoms with Crippen molar-refractivity contribution in [2.45, 2.75) is 6.42 Å². The molecule has 0 unspecified atom stereocenters. The van der Waals surface area contributed by atoms with Crippen LogP contribution in [0, 0.1) is 5.41 Å². The molecule has 3 amide bonds. The molecule has 3 heterocycles. The Morgan fingerprint density at radius 1 is 0.886 bits per heavy atom. The van der Waals surface area contributed by atoms with Gasteiger partial charge in [-0.2, -0.15) is 0 Å². The summed E-state index contributed by atoms with van der Waals surface area (Å²) in [5, 5.41) is 15.4. The van der Waals surface area contributed by atoms with Crippen molar-refractivity contribution >= 4 is 47.0 Å². The van der Waals surface area contributed by atoms with E-state index >= 15 is 0 Å². The summed E-state index contributed by atoms with van der Waals surface area (Å²) in [6.45, 7) is 0.239. The maximum atomic E-state index is 12.8. The lowest BCUT2D eigenvalue weighted by Gasteiger charge is -2.04. The van der Waals surface area contributed by atoms with Gasteiger partial charge in [0.15, 0.2) is 0 Å². The van der Waals surface area contributed by atoms with Gasteiger partial charge in [0.1, 0.15) is 17.1 Å². The molecule has 3 aromatic rings. The van der Waals surface area contributed by atoms with Crippen LogP contribution in [0.15, 0.2) is 41.8 Å². The molecular weight excluding hydrogens is 452 g/mol. The molecule has 3 rings (SSSR count). The average molecular weight is 481 g/mol. The summed E-state index contributed by atoms with van der Waals surface area (Å²) in [6, 6.07) is 4.69. The third-order valence-corrected chi connectivity index (χ3v) is 5.12. The molecule has 0 fully saturated rings. The SMILES string of the molecule is Cn1cc(NC(=O)c2cc(NC(=O)c3cc(N=CN)cn3C)cn2C)cc1C(=O)NCCC(=N)N. The first-order valence-electron chi connectivity index (χ1n) is 10.6. The predicted molar refractivity (Wildman–Crippen MR) is 133 cm³/mol. The lowest BCUT2D eigenvalue weighted by atomic mass is 10.3. The highest BCUT2D eigenvalue weighted by molar-refractivity contribution is 6.07. The second-order valence-corrected chi connectivity index (χ2v) is 7.86. The van der Waals surface area contributed by atoms with Crippen molar-refractivity contribution in [1.82, 2.24) is 19.0 Å². The first kappa shape index (κ1) is 24.8. The van der Waals surface area contributed by atoms with Crippen LogP contribution < -0.4 is 27.4 Å². The van der Waals surface area contributed by atoms with Crippen LogP contribution in [0.25, 0.3) is 0 Å². The van der Waals surface area contributed by atoms with Crippen LogP contribution in [0.3, 0.4) is 0 Å². The monoisotopic (exact) mass is 480 g/mol. The van der Waals surface area contributed by atoms with Gasteiger partial charge in [-0.25, -0.2) is 4.99 Å². The smallest absolute Gasteiger partial charge is 0.272 e. The van der Waals surface area contributed by atoms with Gasteiger partial charge in [0.2, 0.25) is 0 Å². The molecule has 13 nitrogen and oxygen atoms in total. The van der Waals surface area contributed by atoms with Crippen LogP contribution in [0.1, 0.15) is 37.9 Å². The van der Waals surface area contributed by atoms with E-state index in [1.54, 1.807) is 71.6 Å². The van der Waals surface area contributed by atoms with E-state index in [-0.39, 0.29) is 30.6 Å². The number of hydrogen-bond donors (Lipinski definition) is 6. The molecule has 184 valence electrons. The number of aromatic nitrogens is 3. The number of carbonyl (C=O) groups excluding carboxylic acids is 3. The van der Waals surface area contributed by atoms with E-state index in [1.807, 2.05) is 0 Å². The van der Waals surface area contributed by atoms with E-state index in [0.717, 1.165) is 6.34 Å². The van der Waals surface area contributed by atoms with Crippen LogP contribution >= 0.6 is 0 Å². The topological polar surface area (TPSA) is 190 Å². The Kier molecular flexibility index (Phi) is 7.39. The Balaban J connectivity index is 1.67. The summed E-state index contributed by atoms with van der Waals surface area (Å²) in [4.78, 5) is 41.8. The molecule has 0 saturated heterocycles. The summed E-state index contributed by atoms with van der Waals surface area (Å²) in [6.07, 6.45) is 6.29. The molecule has 0 aromatic carbocycles. The number of hydrogen-bond acceptors (Lipinski definition) is 5. The van der Waals surface area contributed by atoms with Crippen LogP contribution in [0.5, 0.6) is 0 Å². The van der Waals surface area contributed by atoms with Crippen molar-refractivity contribution < 1.29 is 14.4 Å². The number of aryl methyl sites for hydroxylation is 3. The molecule has 13 heteroatoms. The standard InChI is InChI=1S/C22H28N10O3/c1-30-9-13(27-12-23)6-17(30)21(34)29-15-8-18(32(3)11-15)22(35)28-14-7-16(31(2)10-14)20(33)26-5-4-19(24)25/h6-12H,4-5H2,1-3H3,(H2,23,27)(H3,24,25)(H,26,33)(H,28,35)(H,29,34). The van der Waals surface area contributed by atoms with Gasteiger partial charge in [0.25, 0.3) is 17.7 Å². The fourth-order valence-corrected chi connectivity index (χ4v) is 3.44.